The van der Waals surface area contributed by atoms with Crippen LogP contribution < -0.4 is 10.6 Å². The molecule has 1 heterocycles. The van der Waals surface area contributed by atoms with E-state index >= 15 is 0 Å². The number of hydrogen-bond donors (Lipinski definition) is 2. The van der Waals surface area contributed by atoms with Crippen LogP contribution in [-0.4, -0.2) is 37.1 Å². The van der Waals surface area contributed by atoms with E-state index in [1.54, 1.807) is 0 Å². The smallest absolute Gasteiger partial charge is 0.191 e. The Bertz CT molecular complexity index is 358. The summed E-state index contributed by atoms with van der Waals surface area (Å²) in [6.07, 6.45) is 11.3. The zero-order valence-electron chi connectivity index (χ0n) is 13.9. The minimum atomic E-state index is 0. The van der Waals surface area contributed by atoms with Crippen LogP contribution in [0.25, 0.3) is 0 Å². The molecule has 3 atom stereocenters. The van der Waals surface area contributed by atoms with Crippen LogP contribution in [0.4, 0.5) is 0 Å². The van der Waals surface area contributed by atoms with E-state index in [9.17, 15) is 0 Å². The Labute approximate surface area is 157 Å². The summed E-state index contributed by atoms with van der Waals surface area (Å²) in [7, 11) is 1.91. The van der Waals surface area contributed by atoms with Crippen molar-refractivity contribution in [3.05, 3.63) is 0 Å². The van der Waals surface area contributed by atoms with Crippen molar-refractivity contribution in [1.82, 2.24) is 10.6 Å². The lowest BCUT2D eigenvalue weighted by atomic mass is 9.79. The summed E-state index contributed by atoms with van der Waals surface area (Å²) in [6, 6.07) is 0.650. The maximum absolute atomic E-state index is 4.44. The first kappa shape index (κ1) is 18.7. The first-order chi connectivity index (χ1) is 10.3. The molecule has 3 fully saturated rings. The average Bonchev–Trinajstić information content (AvgIpc) is 3.00. The summed E-state index contributed by atoms with van der Waals surface area (Å²) < 4.78 is 0. The molecule has 2 N–H and O–H groups in total. The van der Waals surface area contributed by atoms with E-state index in [1.807, 2.05) is 7.05 Å². The van der Waals surface area contributed by atoms with E-state index in [0.29, 0.717) is 6.04 Å². The molecule has 128 valence electrons. The quantitative estimate of drug-likeness (QED) is 0.400. The summed E-state index contributed by atoms with van der Waals surface area (Å²) in [5.74, 6) is 6.58. The predicted molar refractivity (Wildman–Crippen MR) is 108 cm³/mol. The lowest BCUT2D eigenvalue weighted by molar-refractivity contribution is 0.239. The van der Waals surface area contributed by atoms with Crippen LogP contribution in [0.3, 0.4) is 0 Å². The highest BCUT2D eigenvalue weighted by Gasteiger charge is 2.33. The molecule has 3 aliphatic rings. The van der Waals surface area contributed by atoms with Crippen molar-refractivity contribution in [3.8, 4) is 0 Å². The highest BCUT2D eigenvalue weighted by Crippen LogP contribution is 2.41. The fraction of sp³-hybridized carbons (Fsp3) is 0.941. The van der Waals surface area contributed by atoms with Gasteiger partial charge in [-0.15, -0.1) is 24.0 Å². The van der Waals surface area contributed by atoms with Gasteiger partial charge in [-0.25, -0.2) is 0 Å². The molecule has 2 saturated carbocycles. The van der Waals surface area contributed by atoms with E-state index < -0.39 is 0 Å². The predicted octanol–water partition coefficient (Wildman–Crippen LogP) is 3.88. The molecular weight excluding hydrogens is 405 g/mol. The van der Waals surface area contributed by atoms with Gasteiger partial charge in [-0.3, -0.25) is 4.99 Å². The van der Waals surface area contributed by atoms with Crippen LogP contribution in [-0.2, 0) is 0 Å². The molecule has 22 heavy (non-hydrogen) atoms. The van der Waals surface area contributed by atoms with Gasteiger partial charge in [0, 0.05) is 19.6 Å². The number of hydrogen-bond acceptors (Lipinski definition) is 2. The molecule has 0 bridgehead atoms. The van der Waals surface area contributed by atoms with Gasteiger partial charge in [-0.2, -0.15) is 11.8 Å². The first-order valence-corrected chi connectivity index (χ1v) is 10.1. The van der Waals surface area contributed by atoms with Gasteiger partial charge in [0.25, 0.3) is 0 Å². The fourth-order valence-corrected chi connectivity index (χ4v) is 5.62. The van der Waals surface area contributed by atoms with Crippen molar-refractivity contribution in [2.75, 3.05) is 25.1 Å². The van der Waals surface area contributed by atoms with Crippen LogP contribution in [0.15, 0.2) is 4.99 Å². The SMILES string of the molecule is CN=C(NCC1CCSCC1)NC1CCC2CCCC2C1.I. The monoisotopic (exact) mass is 437 g/mol. The van der Waals surface area contributed by atoms with Gasteiger partial charge in [0.05, 0.1) is 0 Å². The van der Waals surface area contributed by atoms with Crippen molar-refractivity contribution in [1.29, 1.82) is 0 Å². The molecular formula is C17H32IN3S. The molecule has 3 nitrogen and oxygen atoms in total. The Balaban J connectivity index is 0.00000176. The Hall–Kier alpha value is 0.350. The van der Waals surface area contributed by atoms with E-state index in [2.05, 4.69) is 27.4 Å². The Morgan fingerprint density at radius 2 is 1.82 bits per heavy atom. The van der Waals surface area contributed by atoms with Crippen LogP contribution in [0.5, 0.6) is 0 Å². The first-order valence-electron chi connectivity index (χ1n) is 8.90. The third kappa shape index (κ3) is 5.18. The van der Waals surface area contributed by atoms with E-state index in [4.69, 9.17) is 0 Å². The molecule has 3 unspecified atom stereocenters. The number of fused-ring (bicyclic) bond motifs is 1. The number of nitrogens with zero attached hydrogens (tertiary/aromatic N) is 1. The second kappa shape index (κ2) is 9.60. The van der Waals surface area contributed by atoms with Gasteiger partial charge in [-0.1, -0.05) is 19.3 Å². The van der Waals surface area contributed by atoms with Gasteiger partial charge < -0.3 is 10.6 Å². The maximum Gasteiger partial charge on any atom is 0.191 e. The molecule has 2 aliphatic carbocycles. The third-order valence-corrected chi connectivity index (χ3v) is 6.80. The lowest BCUT2D eigenvalue weighted by Crippen LogP contribution is -2.47. The van der Waals surface area contributed by atoms with Gasteiger partial charge in [0.1, 0.15) is 0 Å². The summed E-state index contributed by atoms with van der Waals surface area (Å²) in [6.45, 7) is 1.10. The zero-order valence-corrected chi connectivity index (χ0v) is 17.0. The topological polar surface area (TPSA) is 36.4 Å². The van der Waals surface area contributed by atoms with Gasteiger partial charge >= 0.3 is 0 Å². The lowest BCUT2D eigenvalue weighted by Gasteiger charge is -2.33. The number of halogens is 1. The van der Waals surface area contributed by atoms with E-state index in [1.165, 1.54) is 62.9 Å². The Morgan fingerprint density at radius 1 is 1.05 bits per heavy atom. The normalized spacial score (nSPS) is 33.0. The van der Waals surface area contributed by atoms with Crippen LogP contribution in [0, 0.1) is 17.8 Å². The number of thioether (sulfide) groups is 1. The van der Waals surface area contributed by atoms with Gasteiger partial charge in [0.15, 0.2) is 5.96 Å². The van der Waals surface area contributed by atoms with Crippen molar-refractivity contribution in [3.63, 3.8) is 0 Å². The molecule has 0 aromatic rings. The average molecular weight is 437 g/mol. The van der Waals surface area contributed by atoms with Crippen molar-refractivity contribution < 1.29 is 0 Å². The number of aliphatic imine (C=N–C) groups is 1. The Kier molecular flexibility index (Phi) is 8.15. The number of rotatable bonds is 3. The summed E-state index contributed by atoms with van der Waals surface area (Å²) in [5.41, 5.74) is 0. The largest absolute Gasteiger partial charge is 0.356 e. The van der Waals surface area contributed by atoms with Crippen molar-refractivity contribution in [2.24, 2.45) is 22.7 Å². The molecule has 0 aromatic carbocycles. The minimum Gasteiger partial charge on any atom is -0.356 e. The summed E-state index contributed by atoms with van der Waals surface area (Å²) in [4.78, 5) is 4.44. The number of guanidine groups is 1. The second-order valence-corrected chi connectivity index (χ2v) is 8.34. The van der Waals surface area contributed by atoms with Crippen molar-refractivity contribution in [2.45, 2.75) is 57.4 Å². The highest BCUT2D eigenvalue weighted by molar-refractivity contribution is 14.0. The highest BCUT2D eigenvalue weighted by atomic mass is 127. The molecule has 3 rings (SSSR count). The molecule has 1 aliphatic heterocycles. The van der Waals surface area contributed by atoms with Crippen LogP contribution >= 0.6 is 35.7 Å². The molecule has 0 aromatic heterocycles. The Morgan fingerprint density at radius 3 is 2.59 bits per heavy atom. The van der Waals surface area contributed by atoms with Crippen molar-refractivity contribution >= 4 is 41.7 Å². The third-order valence-electron chi connectivity index (χ3n) is 5.75. The summed E-state index contributed by atoms with van der Waals surface area (Å²) >= 11 is 2.10. The molecule has 0 radical (unpaired) electrons. The fourth-order valence-electron chi connectivity index (χ4n) is 4.41. The second-order valence-electron chi connectivity index (χ2n) is 7.11. The maximum atomic E-state index is 4.44. The number of nitrogens with one attached hydrogen (secondary N) is 2. The van der Waals surface area contributed by atoms with Crippen LogP contribution in [0.1, 0.15) is 51.4 Å². The van der Waals surface area contributed by atoms with Gasteiger partial charge in [0.2, 0.25) is 0 Å². The molecule has 5 heteroatoms. The standard InChI is InChI=1S/C17H31N3S.HI/c1-18-17(19-12-13-7-9-21-10-8-13)20-16-6-5-14-3-2-4-15(14)11-16;/h13-16H,2-12H2,1H3,(H2,18,19,20);1H. The summed E-state index contributed by atoms with van der Waals surface area (Å²) in [5, 5.41) is 7.27. The van der Waals surface area contributed by atoms with E-state index in [0.717, 1.165) is 30.3 Å². The zero-order chi connectivity index (χ0) is 14.5. The minimum absolute atomic E-state index is 0. The molecule has 0 amide bonds. The van der Waals surface area contributed by atoms with Crippen LogP contribution in [0.2, 0.25) is 0 Å². The molecule has 0 spiro atoms. The molecule has 1 saturated heterocycles. The van der Waals surface area contributed by atoms with E-state index in [-0.39, 0.29) is 24.0 Å². The van der Waals surface area contributed by atoms with Gasteiger partial charge in [-0.05, 0) is 61.4 Å².